The highest BCUT2D eigenvalue weighted by molar-refractivity contribution is 5.99. The second kappa shape index (κ2) is 21.2. The number of carbonyl (C=O) groups excluding carboxylic acids is 10. The van der Waals surface area contributed by atoms with Gasteiger partial charge in [0.25, 0.3) is 11.8 Å². The van der Waals surface area contributed by atoms with Crippen LogP contribution in [0.1, 0.15) is 27.4 Å². The van der Waals surface area contributed by atoms with Gasteiger partial charge in [-0.2, -0.15) is 0 Å². The standard InChI is InChI=1S/C37H41N15O10/c38-10-23-36(61)52-27(14-45-34(59)25-12-41-19-6-2-4-8-21(19)48-25)37(62)51-26(13-44-33(58)24-11-40-18-5-1-3-7-20(18)47-24)35(60)46-16-30(55)42-15-29(54)43-17-31(56)49-22(32(39)57)9-28(53)50-23/h1-8,11-12,22-23,26-27H,9-10,13-17,38H2,(H2,39,57)(H,42,55)(H,43,54)(H,44,58)(H,45,59)(H,46,60)(H,49,56)(H,50,53)(H,51,62)(H,52,61)/t22-,23?,26?,27?/m0/s1. The van der Waals surface area contributed by atoms with E-state index in [4.69, 9.17) is 11.5 Å². The third-order valence-electron chi connectivity index (χ3n) is 8.83. The first-order valence-corrected chi connectivity index (χ1v) is 18.7. The molecule has 3 unspecified atom stereocenters. The predicted octanol–water partition coefficient (Wildman–Crippen LogP) is -6.13. The molecule has 2 aromatic carbocycles. The number of hydrogen-bond donors (Lipinski definition) is 11. The molecule has 2 aromatic heterocycles. The van der Waals surface area contributed by atoms with Crippen molar-refractivity contribution in [2.24, 2.45) is 11.5 Å². The van der Waals surface area contributed by atoms with Crippen molar-refractivity contribution in [1.82, 2.24) is 67.8 Å². The lowest BCUT2D eigenvalue weighted by Gasteiger charge is -2.25. The number of aromatic nitrogens is 4. The van der Waals surface area contributed by atoms with Crippen molar-refractivity contribution in [1.29, 1.82) is 0 Å². The molecule has 62 heavy (non-hydrogen) atoms. The van der Waals surface area contributed by atoms with E-state index in [9.17, 15) is 47.9 Å². The fourth-order valence-electron chi connectivity index (χ4n) is 5.58. The molecule has 10 amide bonds. The Morgan fingerprint density at radius 1 is 0.565 bits per heavy atom. The molecule has 25 nitrogen and oxygen atoms in total. The average Bonchev–Trinajstić information content (AvgIpc) is 3.27. The molecule has 324 valence electrons. The van der Waals surface area contributed by atoms with Gasteiger partial charge in [0.2, 0.25) is 47.3 Å². The van der Waals surface area contributed by atoms with Gasteiger partial charge >= 0.3 is 0 Å². The number of nitrogens with two attached hydrogens (primary N) is 2. The highest BCUT2D eigenvalue weighted by Crippen LogP contribution is 2.10. The van der Waals surface area contributed by atoms with Crippen molar-refractivity contribution in [2.75, 3.05) is 39.3 Å². The van der Waals surface area contributed by atoms with Gasteiger partial charge < -0.3 is 59.3 Å². The lowest BCUT2D eigenvalue weighted by Crippen LogP contribution is -2.62. The van der Waals surface area contributed by atoms with Crippen LogP contribution in [0.5, 0.6) is 0 Å². The molecule has 0 radical (unpaired) electrons. The summed E-state index contributed by atoms with van der Waals surface area (Å²) in [7, 11) is 0. The number of para-hydroxylation sites is 4. The lowest BCUT2D eigenvalue weighted by atomic mass is 10.1. The van der Waals surface area contributed by atoms with Gasteiger partial charge in [-0.15, -0.1) is 0 Å². The zero-order chi connectivity index (χ0) is 44.8. The summed E-state index contributed by atoms with van der Waals surface area (Å²) >= 11 is 0. The Hall–Kier alpha value is -8.22. The summed E-state index contributed by atoms with van der Waals surface area (Å²) in [4.78, 5) is 147. The highest BCUT2D eigenvalue weighted by atomic mass is 16.2. The number of rotatable bonds is 8. The smallest absolute Gasteiger partial charge is 0.271 e. The van der Waals surface area contributed by atoms with Crippen LogP contribution in [-0.2, 0) is 38.4 Å². The topological polar surface area (TPSA) is 383 Å². The second-order valence-corrected chi connectivity index (χ2v) is 13.4. The number of nitrogens with one attached hydrogen (secondary N) is 9. The lowest BCUT2D eigenvalue weighted by molar-refractivity contribution is -0.134. The van der Waals surface area contributed by atoms with Gasteiger partial charge in [-0.3, -0.25) is 57.9 Å². The van der Waals surface area contributed by atoms with Crippen molar-refractivity contribution in [2.45, 2.75) is 30.6 Å². The Bertz CT molecular complexity index is 2410. The van der Waals surface area contributed by atoms with Crippen LogP contribution < -0.4 is 59.3 Å². The molecule has 1 fully saturated rings. The molecular formula is C37H41N15O10. The van der Waals surface area contributed by atoms with Gasteiger partial charge in [-0.1, -0.05) is 24.3 Å². The van der Waals surface area contributed by atoms with Crippen LogP contribution in [-0.4, -0.2) is 142 Å². The number of hydrogen-bond acceptors (Lipinski definition) is 15. The van der Waals surface area contributed by atoms with Crippen LogP contribution in [0, 0.1) is 0 Å². The number of primary amides is 1. The van der Waals surface area contributed by atoms with E-state index in [1.807, 2.05) is 0 Å². The van der Waals surface area contributed by atoms with E-state index >= 15 is 0 Å². The number of fused-ring (bicyclic) bond motifs is 2. The Balaban J connectivity index is 1.41. The maximum absolute atomic E-state index is 14.0. The molecule has 4 aromatic rings. The molecule has 3 heterocycles. The maximum atomic E-state index is 14.0. The quantitative estimate of drug-likeness (QED) is 0.0786. The number of benzene rings is 2. The Morgan fingerprint density at radius 3 is 1.52 bits per heavy atom. The van der Waals surface area contributed by atoms with Gasteiger partial charge in [0.05, 0.1) is 60.5 Å². The molecular weight excluding hydrogens is 815 g/mol. The summed E-state index contributed by atoms with van der Waals surface area (Å²) in [6.07, 6.45) is 1.59. The summed E-state index contributed by atoms with van der Waals surface area (Å²) in [5.74, 6) is -9.70. The van der Waals surface area contributed by atoms with E-state index in [1.54, 1.807) is 48.5 Å². The monoisotopic (exact) mass is 855 g/mol. The predicted molar refractivity (Wildman–Crippen MR) is 213 cm³/mol. The van der Waals surface area contributed by atoms with Crippen molar-refractivity contribution in [3.05, 3.63) is 72.3 Å². The molecule has 5 rings (SSSR count). The van der Waals surface area contributed by atoms with Gasteiger partial charge in [0.15, 0.2) is 0 Å². The molecule has 1 aliphatic heterocycles. The molecule has 13 N–H and O–H groups in total. The normalized spacial score (nSPS) is 20.0. The fraction of sp³-hybridized carbons (Fsp3) is 0.297. The summed E-state index contributed by atoms with van der Waals surface area (Å²) in [5.41, 5.74) is 12.6. The Kier molecular flexibility index (Phi) is 15.3. The van der Waals surface area contributed by atoms with Crippen molar-refractivity contribution in [3.63, 3.8) is 0 Å². The molecule has 0 spiro atoms. The minimum absolute atomic E-state index is 0.148. The van der Waals surface area contributed by atoms with E-state index in [0.29, 0.717) is 22.1 Å². The Morgan fingerprint density at radius 2 is 1.02 bits per heavy atom. The zero-order valence-electron chi connectivity index (χ0n) is 32.6. The van der Waals surface area contributed by atoms with Crippen LogP contribution in [0.4, 0.5) is 0 Å². The van der Waals surface area contributed by atoms with E-state index in [1.165, 1.54) is 12.4 Å². The van der Waals surface area contributed by atoms with Gasteiger partial charge in [-0.05, 0) is 24.3 Å². The van der Waals surface area contributed by atoms with Crippen LogP contribution >= 0.6 is 0 Å². The number of carbonyl (C=O) groups is 10. The maximum Gasteiger partial charge on any atom is 0.271 e. The first kappa shape index (κ1) is 44.9. The largest absolute Gasteiger partial charge is 0.368 e. The number of nitrogens with zero attached hydrogens (tertiary/aromatic N) is 4. The summed E-state index contributed by atoms with van der Waals surface area (Å²) in [6.45, 7) is -3.96. The van der Waals surface area contributed by atoms with Crippen LogP contribution in [0.2, 0.25) is 0 Å². The van der Waals surface area contributed by atoms with Crippen molar-refractivity contribution < 1.29 is 47.9 Å². The minimum atomic E-state index is -1.74. The Labute approximate surface area is 350 Å². The van der Waals surface area contributed by atoms with Gasteiger partial charge in [-0.25, -0.2) is 9.97 Å². The van der Waals surface area contributed by atoms with E-state index in [-0.39, 0.29) is 11.4 Å². The zero-order valence-corrected chi connectivity index (χ0v) is 32.6. The average molecular weight is 856 g/mol. The van der Waals surface area contributed by atoms with E-state index < -0.39 is 129 Å². The van der Waals surface area contributed by atoms with E-state index in [0.717, 1.165) is 0 Å². The first-order chi connectivity index (χ1) is 29.7. The molecule has 0 aliphatic carbocycles. The van der Waals surface area contributed by atoms with Crippen LogP contribution in [0.25, 0.3) is 22.1 Å². The first-order valence-electron chi connectivity index (χ1n) is 18.7. The van der Waals surface area contributed by atoms with E-state index in [2.05, 4.69) is 67.8 Å². The van der Waals surface area contributed by atoms with Gasteiger partial charge in [0, 0.05) is 19.6 Å². The molecule has 25 heteroatoms. The molecule has 1 saturated heterocycles. The molecule has 4 atom stereocenters. The summed E-state index contributed by atoms with van der Waals surface area (Å²) < 4.78 is 0. The molecule has 0 bridgehead atoms. The summed E-state index contributed by atoms with van der Waals surface area (Å²) in [6, 6.07) is 6.78. The summed E-state index contributed by atoms with van der Waals surface area (Å²) in [5, 5.41) is 20.8. The highest BCUT2D eigenvalue weighted by Gasteiger charge is 2.32. The second-order valence-electron chi connectivity index (χ2n) is 13.4. The van der Waals surface area contributed by atoms with Crippen LogP contribution in [0.3, 0.4) is 0 Å². The fourth-order valence-corrected chi connectivity index (χ4v) is 5.58. The van der Waals surface area contributed by atoms with Crippen molar-refractivity contribution in [3.8, 4) is 0 Å². The van der Waals surface area contributed by atoms with Crippen molar-refractivity contribution >= 4 is 81.1 Å². The minimum Gasteiger partial charge on any atom is -0.368 e. The third kappa shape index (κ3) is 12.6. The third-order valence-corrected chi connectivity index (χ3v) is 8.83. The molecule has 0 saturated carbocycles. The number of amides is 10. The molecule has 1 aliphatic rings. The van der Waals surface area contributed by atoms with Gasteiger partial charge in [0.1, 0.15) is 35.6 Å². The van der Waals surface area contributed by atoms with Crippen LogP contribution in [0.15, 0.2) is 60.9 Å². The SMILES string of the molecule is NCC1NC(=O)C[C@@H](C(N)=O)NC(=O)CNC(=O)CNC(=O)CNC(=O)C(CNC(=O)c2cnc3ccccc3n2)NC(=O)C(CNC(=O)c2cnc3ccccc3n2)NC1=O.